The topological polar surface area (TPSA) is 64.2 Å². The minimum Gasteiger partial charge on any atom is -0.423 e. The minimum absolute atomic E-state index is 0.542. The summed E-state index contributed by atoms with van der Waals surface area (Å²) in [4.78, 5) is 0. The van der Waals surface area contributed by atoms with E-state index in [9.17, 15) is 0 Å². The Morgan fingerprint density at radius 2 is 2.13 bits per heavy atom. The highest BCUT2D eigenvalue weighted by atomic mass is 32.1. The highest BCUT2D eigenvalue weighted by Gasteiger charge is 2.19. The fourth-order valence-corrected chi connectivity index (χ4v) is 2.68. The number of hydrogen-bond acceptors (Lipinski definition) is 4. The van der Waals surface area contributed by atoms with Crippen molar-refractivity contribution in [3.63, 3.8) is 0 Å². The summed E-state index contributed by atoms with van der Waals surface area (Å²) in [6, 6.07) is 7.39. The summed E-state index contributed by atoms with van der Waals surface area (Å²) in [6.07, 6.45) is 0. The molecule has 0 bridgehead atoms. The van der Waals surface area contributed by atoms with Crippen LogP contribution in [0.15, 0.2) is 18.2 Å². The Hall–Kier alpha value is -1.35. The second-order valence-corrected chi connectivity index (χ2v) is 4.37. The Bertz CT molecular complexity index is 556. The van der Waals surface area contributed by atoms with Gasteiger partial charge in [0.25, 0.3) is 0 Å². The van der Waals surface area contributed by atoms with Crippen molar-refractivity contribution in [2.24, 2.45) is 0 Å². The van der Waals surface area contributed by atoms with Gasteiger partial charge < -0.3 is 10.0 Å². The van der Waals surface area contributed by atoms with Crippen LogP contribution in [0.1, 0.15) is 11.1 Å². The quantitative estimate of drug-likeness (QED) is 0.693. The molecule has 0 unspecified atom stereocenters. The molecule has 1 aromatic carbocycles. The normalized spacial score (nSPS) is 10.3. The number of benzene rings is 1. The maximum atomic E-state index is 9.13. The molecular formula is C10H8BNO2S. The molecule has 0 aliphatic carbocycles. The van der Waals surface area contributed by atoms with Gasteiger partial charge in [0.2, 0.25) is 0 Å². The van der Waals surface area contributed by atoms with Crippen LogP contribution in [0.4, 0.5) is 0 Å². The highest BCUT2D eigenvalue weighted by molar-refractivity contribution is 7.28. The van der Waals surface area contributed by atoms with Crippen LogP contribution >= 0.6 is 11.3 Å². The van der Waals surface area contributed by atoms with Crippen molar-refractivity contribution in [1.29, 1.82) is 5.26 Å². The van der Waals surface area contributed by atoms with Crippen LogP contribution in [0, 0.1) is 18.3 Å². The van der Waals surface area contributed by atoms with Crippen LogP contribution in [0.3, 0.4) is 0 Å². The number of thiophene rings is 1. The molecular weight excluding hydrogens is 209 g/mol. The minimum atomic E-state index is -1.44. The summed E-state index contributed by atoms with van der Waals surface area (Å²) in [5, 5.41) is 28.0. The molecule has 2 aromatic rings. The predicted molar refractivity (Wildman–Crippen MR) is 61.1 cm³/mol. The molecule has 0 aliphatic rings. The van der Waals surface area contributed by atoms with Crippen LogP contribution in [0.5, 0.6) is 0 Å². The van der Waals surface area contributed by atoms with E-state index >= 15 is 0 Å². The van der Waals surface area contributed by atoms with Crippen LogP contribution in [0.25, 0.3) is 10.1 Å². The van der Waals surface area contributed by atoms with Gasteiger partial charge in [-0.25, -0.2) is 0 Å². The summed E-state index contributed by atoms with van der Waals surface area (Å²) in [7, 11) is -1.44. The van der Waals surface area contributed by atoms with E-state index in [0.29, 0.717) is 10.3 Å². The molecule has 15 heavy (non-hydrogen) atoms. The average Bonchev–Trinajstić information content (AvgIpc) is 2.55. The SMILES string of the molecule is Cc1c(B(O)O)sc2cc(C#N)ccc12. The Morgan fingerprint density at radius 3 is 2.73 bits per heavy atom. The van der Waals surface area contributed by atoms with Crippen molar-refractivity contribution in [1.82, 2.24) is 0 Å². The molecule has 3 nitrogen and oxygen atoms in total. The van der Waals surface area contributed by atoms with Crippen LogP contribution in [-0.4, -0.2) is 17.2 Å². The average molecular weight is 217 g/mol. The van der Waals surface area contributed by atoms with E-state index in [1.54, 1.807) is 12.1 Å². The van der Waals surface area contributed by atoms with Gasteiger partial charge in [0, 0.05) is 9.48 Å². The van der Waals surface area contributed by atoms with E-state index in [0.717, 1.165) is 15.6 Å². The molecule has 0 saturated carbocycles. The largest absolute Gasteiger partial charge is 0.499 e. The molecule has 2 N–H and O–H groups in total. The lowest BCUT2D eigenvalue weighted by Gasteiger charge is -1.95. The molecule has 0 amide bonds. The van der Waals surface area contributed by atoms with E-state index in [1.165, 1.54) is 11.3 Å². The number of aryl methyl sites for hydroxylation is 1. The van der Waals surface area contributed by atoms with Gasteiger partial charge in [-0.1, -0.05) is 6.07 Å². The van der Waals surface area contributed by atoms with Crippen LogP contribution in [0.2, 0.25) is 0 Å². The van der Waals surface area contributed by atoms with E-state index in [4.69, 9.17) is 15.3 Å². The van der Waals surface area contributed by atoms with Crippen LogP contribution in [-0.2, 0) is 0 Å². The second kappa shape index (κ2) is 3.67. The molecule has 0 spiro atoms. The fourth-order valence-electron chi connectivity index (χ4n) is 1.56. The maximum absolute atomic E-state index is 9.13. The zero-order valence-corrected chi connectivity index (χ0v) is 8.88. The Labute approximate surface area is 91.4 Å². The van der Waals surface area contributed by atoms with E-state index in [2.05, 4.69) is 6.07 Å². The van der Waals surface area contributed by atoms with Crippen molar-refractivity contribution in [2.75, 3.05) is 0 Å². The van der Waals surface area contributed by atoms with Gasteiger partial charge in [-0.15, -0.1) is 11.3 Å². The maximum Gasteiger partial charge on any atom is 0.499 e. The van der Waals surface area contributed by atoms with E-state index in [1.807, 2.05) is 13.0 Å². The number of fused-ring (bicyclic) bond motifs is 1. The van der Waals surface area contributed by atoms with Crippen molar-refractivity contribution in [3.8, 4) is 6.07 Å². The third-order valence-electron chi connectivity index (χ3n) is 2.34. The zero-order valence-electron chi connectivity index (χ0n) is 8.06. The van der Waals surface area contributed by atoms with Crippen molar-refractivity contribution in [3.05, 3.63) is 29.3 Å². The molecule has 2 rings (SSSR count). The third-order valence-corrected chi connectivity index (χ3v) is 3.63. The molecule has 0 aliphatic heterocycles. The monoisotopic (exact) mass is 217 g/mol. The molecule has 0 radical (unpaired) electrons. The van der Waals surface area contributed by atoms with Crippen molar-refractivity contribution >= 4 is 33.3 Å². The summed E-state index contributed by atoms with van der Waals surface area (Å²) < 4.78 is 1.45. The van der Waals surface area contributed by atoms with Gasteiger partial charge in [0.15, 0.2) is 0 Å². The molecule has 0 fully saturated rings. The lowest BCUT2D eigenvalue weighted by molar-refractivity contribution is 0.426. The first-order valence-electron chi connectivity index (χ1n) is 4.42. The number of hydrogen-bond donors (Lipinski definition) is 2. The van der Waals surface area contributed by atoms with Gasteiger partial charge in [-0.2, -0.15) is 5.26 Å². The van der Waals surface area contributed by atoms with E-state index < -0.39 is 7.12 Å². The standard InChI is InChI=1S/C10H8BNO2S/c1-6-8-3-2-7(5-12)4-9(8)15-10(6)11(13)14/h2-4,13-14H,1H3. The second-order valence-electron chi connectivity index (χ2n) is 3.29. The summed E-state index contributed by atoms with van der Waals surface area (Å²) in [5.41, 5.74) is 1.46. The Morgan fingerprint density at radius 1 is 1.40 bits per heavy atom. The van der Waals surface area contributed by atoms with Gasteiger partial charge >= 0.3 is 7.12 Å². The first kappa shape index (κ1) is 10.2. The first-order chi connectivity index (χ1) is 7.13. The molecule has 1 aromatic heterocycles. The molecule has 5 heteroatoms. The first-order valence-corrected chi connectivity index (χ1v) is 5.24. The van der Waals surface area contributed by atoms with Gasteiger partial charge in [-0.3, -0.25) is 0 Å². The molecule has 74 valence electrons. The smallest absolute Gasteiger partial charge is 0.423 e. The van der Waals surface area contributed by atoms with Gasteiger partial charge in [0.1, 0.15) is 0 Å². The van der Waals surface area contributed by atoms with E-state index in [-0.39, 0.29) is 0 Å². The summed E-state index contributed by atoms with van der Waals surface area (Å²) in [6.45, 7) is 1.85. The summed E-state index contributed by atoms with van der Waals surface area (Å²) in [5.74, 6) is 0. The molecule has 0 saturated heterocycles. The third kappa shape index (κ3) is 1.63. The Kier molecular flexibility index (Phi) is 2.49. The Balaban J connectivity index is 2.72. The van der Waals surface area contributed by atoms with Gasteiger partial charge in [-0.05, 0) is 30.0 Å². The summed E-state index contributed by atoms with van der Waals surface area (Å²) >= 11 is 1.31. The molecule has 0 atom stereocenters. The van der Waals surface area contributed by atoms with Crippen molar-refractivity contribution < 1.29 is 10.0 Å². The molecule has 1 heterocycles. The fraction of sp³-hybridized carbons (Fsp3) is 0.100. The highest BCUT2D eigenvalue weighted by Crippen LogP contribution is 2.24. The lowest BCUT2D eigenvalue weighted by atomic mass is 9.86. The van der Waals surface area contributed by atoms with Crippen LogP contribution < -0.4 is 4.78 Å². The number of nitriles is 1. The lowest BCUT2D eigenvalue weighted by Crippen LogP contribution is -2.28. The van der Waals surface area contributed by atoms with Gasteiger partial charge in [0.05, 0.1) is 11.6 Å². The number of nitrogens with zero attached hydrogens (tertiary/aromatic N) is 1. The predicted octanol–water partition coefficient (Wildman–Crippen LogP) is 0.761. The zero-order chi connectivity index (χ0) is 11.0. The van der Waals surface area contributed by atoms with Crippen molar-refractivity contribution in [2.45, 2.75) is 6.92 Å². The number of rotatable bonds is 1.